The molecule has 34 heavy (non-hydrogen) atoms. The number of carbonyl (C=O) groups is 2. The second kappa shape index (κ2) is 11.6. The van der Waals surface area contributed by atoms with Crippen molar-refractivity contribution in [2.24, 2.45) is 4.99 Å². The number of methoxy groups -OCH3 is 1. The molecule has 2 aromatic carbocycles. The number of amides is 1. The number of rotatable bonds is 8. The van der Waals surface area contributed by atoms with Crippen LogP contribution in [0.5, 0.6) is 11.5 Å². The van der Waals surface area contributed by atoms with Crippen LogP contribution in [0, 0.1) is 0 Å². The summed E-state index contributed by atoms with van der Waals surface area (Å²) in [5, 5.41) is 11.1. The van der Waals surface area contributed by atoms with Crippen molar-refractivity contribution in [3.63, 3.8) is 0 Å². The van der Waals surface area contributed by atoms with Crippen molar-refractivity contribution in [1.82, 2.24) is 0 Å². The van der Waals surface area contributed by atoms with Gasteiger partial charge in [-0.1, -0.05) is 54.2 Å². The number of benzene rings is 2. The predicted octanol–water partition coefficient (Wildman–Crippen LogP) is 5.62. The molecule has 176 valence electrons. The van der Waals surface area contributed by atoms with Gasteiger partial charge < -0.3 is 19.3 Å². The minimum atomic E-state index is -0.785. The van der Waals surface area contributed by atoms with Gasteiger partial charge in [-0.15, -0.1) is 0 Å². The van der Waals surface area contributed by atoms with Gasteiger partial charge in [0.1, 0.15) is 23.0 Å². The summed E-state index contributed by atoms with van der Waals surface area (Å²) >= 11 is 7.08. The van der Waals surface area contributed by atoms with E-state index < -0.39 is 11.9 Å². The molecular formula is C25H22ClNO6S. The van der Waals surface area contributed by atoms with E-state index in [4.69, 9.17) is 25.8 Å². The number of ether oxygens (including phenoxy) is 3. The summed E-state index contributed by atoms with van der Waals surface area (Å²) in [6.07, 6.45) is 3.26. The maximum atomic E-state index is 12.7. The number of aliphatic imine (C=N–C) groups is 1. The third-order valence-corrected chi connectivity index (χ3v) is 5.87. The van der Waals surface area contributed by atoms with Crippen molar-refractivity contribution >= 4 is 46.4 Å². The standard InChI is InChI=1S/C25H22ClNO6S/c1-4-12-33-18-11-10-15(13-19(18)31-3)14-20-22(28)21(25(30)32-5-2)24(34-20)27-23(29)16-8-6-7-9-17(16)26/h4,6-11,13-14,28H,1,5,12H2,2-3H3/b20-14-,27-24?. The van der Waals surface area contributed by atoms with E-state index >= 15 is 0 Å². The van der Waals surface area contributed by atoms with E-state index in [-0.39, 0.29) is 33.6 Å². The number of carbonyl (C=O) groups excluding carboxylic acids is 2. The van der Waals surface area contributed by atoms with Gasteiger partial charge >= 0.3 is 5.97 Å². The van der Waals surface area contributed by atoms with Crippen LogP contribution < -0.4 is 9.47 Å². The van der Waals surface area contributed by atoms with E-state index in [1.807, 2.05) is 0 Å². The number of hydrogen-bond acceptors (Lipinski definition) is 7. The van der Waals surface area contributed by atoms with E-state index in [1.54, 1.807) is 55.5 Å². The van der Waals surface area contributed by atoms with Crippen LogP contribution >= 0.6 is 23.4 Å². The molecule has 0 aromatic heterocycles. The maximum absolute atomic E-state index is 12.7. The van der Waals surface area contributed by atoms with E-state index in [2.05, 4.69) is 11.6 Å². The van der Waals surface area contributed by atoms with Crippen molar-refractivity contribution < 1.29 is 28.9 Å². The Morgan fingerprint density at radius 2 is 1.97 bits per heavy atom. The first-order valence-corrected chi connectivity index (χ1v) is 11.4. The van der Waals surface area contributed by atoms with Crippen LogP contribution in [-0.4, -0.2) is 42.4 Å². The fourth-order valence-corrected chi connectivity index (χ4v) is 4.20. The number of nitrogens with zero attached hydrogens (tertiary/aromatic N) is 1. The van der Waals surface area contributed by atoms with Gasteiger partial charge in [-0.05, 0) is 42.8 Å². The highest BCUT2D eigenvalue weighted by Gasteiger charge is 2.34. The van der Waals surface area contributed by atoms with Crippen LogP contribution in [0.3, 0.4) is 0 Å². The Balaban J connectivity index is 2.00. The van der Waals surface area contributed by atoms with E-state index in [1.165, 1.54) is 13.2 Å². The lowest BCUT2D eigenvalue weighted by Crippen LogP contribution is -2.14. The first kappa shape index (κ1) is 25.1. The summed E-state index contributed by atoms with van der Waals surface area (Å²) in [4.78, 5) is 29.7. The fraction of sp³-hybridized carbons (Fsp3) is 0.160. The van der Waals surface area contributed by atoms with Crippen molar-refractivity contribution in [2.75, 3.05) is 20.3 Å². The van der Waals surface area contributed by atoms with Gasteiger partial charge in [-0.25, -0.2) is 9.79 Å². The van der Waals surface area contributed by atoms with Crippen LogP contribution in [0.1, 0.15) is 22.8 Å². The smallest absolute Gasteiger partial charge is 0.344 e. The molecule has 0 fully saturated rings. The average molecular weight is 500 g/mol. The summed E-state index contributed by atoms with van der Waals surface area (Å²) in [7, 11) is 1.51. The molecule has 0 saturated carbocycles. The SMILES string of the molecule is C=CCOc1ccc(/C=C2\SC(=NC(=O)c3ccccc3Cl)C(C(=O)OCC)=C2O)cc1OC. The summed E-state index contributed by atoms with van der Waals surface area (Å²) in [6.45, 7) is 5.67. The molecule has 0 aliphatic carbocycles. The van der Waals surface area contributed by atoms with Gasteiger partial charge in [0.2, 0.25) is 0 Å². The number of aliphatic hydroxyl groups is 1. The molecule has 1 amide bonds. The Hall–Kier alpha value is -3.49. The molecule has 0 unspecified atom stereocenters. The zero-order valence-corrected chi connectivity index (χ0v) is 20.1. The summed E-state index contributed by atoms with van der Waals surface area (Å²) in [6, 6.07) is 11.6. The van der Waals surface area contributed by atoms with Crippen LogP contribution in [-0.2, 0) is 9.53 Å². The Labute approximate surface area is 206 Å². The highest BCUT2D eigenvalue weighted by molar-refractivity contribution is 8.18. The second-order valence-electron chi connectivity index (χ2n) is 6.77. The van der Waals surface area contributed by atoms with Crippen LogP contribution in [0.2, 0.25) is 5.02 Å². The number of esters is 1. The van der Waals surface area contributed by atoms with Gasteiger partial charge in [-0.3, -0.25) is 4.79 Å². The zero-order chi connectivity index (χ0) is 24.7. The summed E-state index contributed by atoms with van der Waals surface area (Å²) in [5.74, 6) is -0.749. The molecule has 1 aliphatic heterocycles. The van der Waals surface area contributed by atoms with Gasteiger partial charge in [0.25, 0.3) is 5.91 Å². The average Bonchev–Trinajstić information content (AvgIpc) is 3.12. The van der Waals surface area contributed by atoms with Crippen molar-refractivity contribution in [1.29, 1.82) is 0 Å². The molecular weight excluding hydrogens is 478 g/mol. The number of thioether (sulfide) groups is 1. The Morgan fingerprint density at radius 1 is 1.21 bits per heavy atom. The molecule has 7 nitrogen and oxygen atoms in total. The van der Waals surface area contributed by atoms with Crippen LogP contribution in [0.15, 0.2) is 76.3 Å². The third kappa shape index (κ3) is 5.70. The van der Waals surface area contributed by atoms with Gasteiger partial charge in [0.05, 0.1) is 29.2 Å². The largest absolute Gasteiger partial charge is 0.506 e. The highest BCUT2D eigenvalue weighted by Crippen LogP contribution is 2.40. The normalized spacial score (nSPS) is 15.5. The van der Waals surface area contributed by atoms with Gasteiger partial charge in [-0.2, -0.15) is 0 Å². The fourth-order valence-electron chi connectivity index (χ4n) is 2.97. The van der Waals surface area contributed by atoms with E-state index in [0.29, 0.717) is 28.6 Å². The van der Waals surface area contributed by atoms with E-state index in [9.17, 15) is 14.7 Å². The van der Waals surface area contributed by atoms with Crippen molar-refractivity contribution in [3.8, 4) is 11.5 Å². The number of hydrogen-bond donors (Lipinski definition) is 1. The second-order valence-corrected chi connectivity index (χ2v) is 8.20. The van der Waals surface area contributed by atoms with Crippen molar-refractivity contribution in [3.05, 3.63) is 87.5 Å². The lowest BCUT2D eigenvalue weighted by molar-refractivity contribution is -0.138. The molecule has 1 N–H and O–H groups in total. The zero-order valence-electron chi connectivity index (χ0n) is 18.5. The monoisotopic (exact) mass is 499 g/mol. The first-order valence-electron chi connectivity index (χ1n) is 10.2. The van der Waals surface area contributed by atoms with Crippen LogP contribution in [0.4, 0.5) is 0 Å². The summed E-state index contributed by atoms with van der Waals surface area (Å²) < 4.78 is 16.0. The molecule has 0 spiro atoms. The molecule has 0 atom stereocenters. The molecule has 0 bridgehead atoms. The Bertz CT molecular complexity index is 1220. The summed E-state index contributed by atoms with van der Waals surface area (Å²) in [5.41, 5.74) is 0.660. The topological polar surface area (TPSA) is 94.4 Å². The minimum Gasteiger partial charge on any atom is -0.506 e. The lowest BCUT2D eigenvalue weighted by Gasteiger charge is -2.10. The molecule has 3 rings (SSSR count). The third-order valence-electron chi connectivity index (χ3n) is 4.52. The molecule has 0 saturated heterocycles. The van der Waals surface area contributed by atoms with Crippen LogP contribution in [0.25, 0.3) is 6.08 Å². The quantitative estimate of drug-likeness (QED) is 0.372. The minimum absolute atomic E-state index is 0.0185. The van der Waals surface area contributed by atoms with Crippen molar-refractivity contribution in [2.45, 2.75) is 6.92 Å². The van der Waals surface area contributed by atoms with Gasteiger partial charge in [0.15, 0.2) is 11.5 Å². The number of halogens is 1. The molecule has 1 aliphatic rings. The highest BCUT2D eigenvalue weighted by atomic mass is 35.5. The molecule has 9 heteroatoms. The molecule has 2 aromatic rings. The molecule has 1 heterocycles. The van der Waals surface area contributed by atoms with Gasteiger partial charge in [0, 0.05) is 0 Å². The molecule has 0 radical (unpaired) electrons. The maximum Gasteiger partial charge on any atom is 0.344 e. The first-order chi connectivity index (χ1) is 16.4. The number of aliphatic hydroxyl groups excluding tert-OH is 1. The predicted molar refractivity (Wildman–Crippen MR) is 134 cm³/mol. The Morgan fingerprint density at radius 3 is 2.65 bits per heavy atom. The van der Waals surface area contributed by atoms with E-state index in [0.717, 1.165) is 11.8 Å². The Kier molecular flexibility index (Phi) is 8.56. The lowest BCUT2D eigenvalue weighted by atomic mass is 10.1.